The number of nitro benzene ring substituents is 1. The number of carbonyl (C=O) groups excluding carboxylic acids is 2. The molecular weight excluding hydrogens is 422 g/mol. The second-order valence-electron chi connectivity index (χ2n) is 7.69. The monoisotopic (exact) mass is 447 g/mol. The lowest BCUT2D eigenvalue weighted by atomic mass is 9.83. The molecule has 10 heteroatoms. The first-order chi connectivity index (χ1) is 14.7. The van der Waals surface area contributed by atoms with Crippen molar-refractivity contribution in [3.63, 3.8) is 0 Å². The molecule has 1 fully saturated rings. The van der Waals surface area contributed by atoms with Gasteiger partial charge in [-0.1, -0.05) is 0 Å². The van der Waals surface area contributed by atoms with Crippen LogP contribution in [0.4, 0.5) is 5.69 Å². The Hall–Kier alpha value is -2.72. The zero-order valence-corrected chi connectivity index (χ0v) is 18.4. The average Bonchev–Trinajstić information content (AvgIpc) is 3.03. The van der Waals surface area contributed by atoms with Crippen molar-refractivity contribution < 1.29 is 24.4 Å². The minimum absolute atomic E-state index is 0.0459. The summed E-state index contributed by atoms with van der Waals surface area (Å²) in [5.41, 5.74) is 1.76. The number of aliphatic hydroxyl groups excluding tert-OH is 1. The van der Waals surface area contributed by atoms with E-state index in [0.717, 1.165) is 10.6 Å². The Labute approximate surface area is 184 Å². The Morgan fingerprint density at radius 2 is 2.06 bits per heavy atom. The molecule has 0 aromatic heterocycles. The van der Waals surface area contributed by atoms with E-state index in [-0.39, 0.29) is 29.9 Å². The third kappa shape index (κ3) is 4.96. The van der Waals surface area contributed by atoms with Crippen molar-refractivity contribution in [1.82, 2.24) is 4.90 Å². The van der Waals surface area contributed by atoms with Crippen LogP contribution in [0, 0.1) is 16.0 Å². The lowest BCUT2D eigenvalue weighted by molar-refractivity contribution is -0.384. The molecule has 9 nitrogen and oxygen atoms in total. The molecule has 0 radical (unpaired) electrons. The zero-order chi connectivity index (χ0) is 22.7. The van der Waals surface area contributed by atoms with E-state index in [9.17, 15) is 24.8 Å². The van der Waals surface area contributed by atoms with Crippen LogP contribution >= 0.6 is 11.8 Å². The van der Waals surface area contributed by atoms with E-state index in [1.54, 1.807) is 6.92 Å². The van der Waals surface area contributed by atoms with E-state index in [1.807, 2.05) is 13.8 Å². The number of non-ortho nitro benzene ring substituents is 1. The first-order valence-corrected chi connectivity index (χ1v) is 10.9. The van der Waals surface area contributed by atoms with E-state index in [0.29, 0.717) is 24.3 Å². The van der Waals surface area contributed by atoms with Gasteiger partial charge >= 0.3 is 5.97 Å². The van der Waals surface area contributed by atoms with Crippen LogP contribution in [-0.2, 0) is 20.9 Å². The molecule has 31 heavy (non-hydrogen) atoms. The Morgan fingerprint density at radius 1 is 1.39 bits per heavy atom. The molecule has 1 aromatic carbocycles. The van der Waals surface area contributed by atoms with E-state index >= 15 is 0 Å². The van der Waals surface area contributed by atoms with Crippen LogP contribution in [0.3, 0.4) is 0 Å². The Morgan fingerprint density at radius 3 is 2.65 bits per heavy atom. The fraction of sp³-hybridized carbons (Fsp3) is 0.476. The van der Waals surface area contributed by atoms with Crippen molar-refractivity contribution in [1.29, 1.82) is 0 Å². The second kappa shape index (κ2) is 9.61. The molecule has 1 amide bonds. The highest BCUT2D eigenvalue weighted by molar-refractivity contribution is 8.03. The summed E-state index contributed by atoms with van der Waals surface area (Å²) in [5.74, 6) is -0.754. The van der Waals surface area contributed by atoms with Gasteiger partial charge in [0, 0.05) is 41.5 Å². The van der Waals surface area contributed by atoms with Gasteiger partial charge < -0.3 is 14.7 Å². The average molecular weight is 448 g/mol. The maximum Gasteiger partial charge on any atom is 0.356 e. The fourth-order valence-corrected chi connectivity index (χ4v) is 4.75. The minimum Gasteiger partial charge on any atom is -0.456 e. The van der Waals surface area contributed by atoms with Gasteiger partial charge in [0.1, 0.15) is 12.3 Å². The largest absolute Gasteiger partial charge is 0.456 e. The van der Waals surface area contributed by atoms with Gasteiger partial charge in [-0.15, -0.1) is 11.8 Å². The summed E-state index contributed by atoms with van der Waals surface area (Å²) in [7, 11) is 0. The Kier molecular flexibility index (Phi) is 7.11. The highest BCUT2D eigenvalue weighted by Gasteiger charge is 2.56. The molecule has 0 bridgehead atoms. The van der Waals surface area contributed by atoms with Crippen molar-refractivity contribution in [2.24, 2.45) is 10.9 Å². The van der Waals surface area contributed by atoms with Crippen LogP contribution in [0.1, 0.15) is 32.8 Å². The molecule has 166 valence electrons. The molecule has 0 aliphatic carbocycles. The molecule has 2 heterocycles. The molecule has 0 saturated carbocycles. The number of benzene rings is 1. The fourth-order valence-electron chi connectivity index (χ4n) is 3.72. The summed E-state index contributed by atoms with van der Waals surface area (Å²) in [6.45, 7) is 5.94. The Balaban J connectivity index is 1.71. The number of hydrogen-bond acceptors (Lipinski definition) is 8. The summed E-state index contributed by atoms with van der Waals surface area (Å²) in [4.78, 5) is 42.3. The van der Waals surface area contributed by atoms with E-state index in [2.05, 4.69) is 4.99 Å². The van der Waals surface area contributed by atoms with Crippen LogP contribution in [0.2, 0.25) is 0 Å². The first kappa shape index (κ1) is 23.0. The van der Waals surface area contributed by atoms with Crippen molar-refractivity contribution in [2.45, 2.75) is 45.9 Å². The summed E-state index contributed by atoms with van der Waals surface area (Å²) in [6.07, 6.45) is -0.286. The number of carbonyl (C=O) groups is 2. The van der Waals surface area contributed by atoms with E-state index in [1.165, 1.54) is 40.9 Å². The lowest BCUT2D eigenvalue weighted by Crippen LogP contribution is -2.61. The highest BCUT2D eigenvalue weighted by Crippen LogP contribution is 2.47. The molecule has 2 aliphatic heterocycles. The van der Waals surface area contributed by atoms with Gasteiger partial charge in [0.05, 0.1) is 23.0 Å². The highest BCUT2D eigenvalue weighted by atomic mass is 32.2. The maximum absolute atomic E-state index is 12.9. The normalized spacial score (nSPS) is 20.8. The van der Waals surface area contributed by atoms with Gasteiger partial charge in [-0.25, -0.2) is 4.79 Å². The van der Waals surface area contributed by atoms with Crippen molar-refractivity contribution >= 4 is 35.0 Å². The second-order valence-corrected chi connectivity index (χ2v) is 8.88. The number of nitro groups is 1. The third-order valence-corrected chi connectivity index (χ3v) is 6.29. The van der Waals surface area contributed by atoms with Gasteiger partial charge in [0.15, 0.2) is 0 Å². The number of thioether (sulfide) groups is 1. The summed E-state index contributed by atoms with van der Waals surface area (Å²) < 4.78 is 5.42. The van der Waals surface area contributed by atoms with Gasteiger partial charge in [0.25, 0.3) is 5.69 Å². The summed E-state index contributed by atoms with van der Waals surface area (Å²) in [6, 6.07) is 5.50. The van der Waals surface area contributed by atoms with Crippen LogP contribution < -0.4 is 0 Å². The number of rotatable bonds is 9. The number of fused-ring (bicyclic) bond motifs is 1. The lowest BCUT2D eigenvalue weighted by Gasteiger charge is -2.44. The maximum atomic E-state index is 12.9. The quantitative estimate of drug-likeness (QED) is 0.154. The molecular formula is C21H25N3O6S. The number of amides is 1. The molecule has 2 aliphatic rings. The van der Waals surface area contributed by atoms with Gasteiger partial charge in [-0.05, 0) is 38.5 Å². The van der Waals surface area contributed by atoms with Crippen LogP contribution in [0.15, 0.2) is 39.9 Å². The SMILES string of the molecule is CC(C)=NCCSC1=C(C(=O)OCc2ccc([N+](=O)[O-])cc2)N2C(=O)C([C@@H](C)O)C2C1. The van der Waals surface area contributed by atoms with E-state index in [4.69, 9.17) is 4.74 Å². The predicted octanol–water partition coefficient (Wildman–Crippen LogP) is 2.68. The minimum atomic E-state index is -0.789. The zero-order valence-electron chi connectivity index (χ0n) is 17.6. The van der Waals surface area contributed by atoms with Gasteiger partial charge in [-0.3, -0.25) is 19.9 Å². The molecule has 0 spiro atoms. The smallest absolute Gasteiger partial charge is 0.356 e. The molecule has 1 saturated heterocycles. The topological polar surface area (TPSA) is 122 Å². The number of hydrogen-bond donors (Lipinski definition) is 1. The third-order valence-electron chi connectivity index (χ3n) is 5.19. The number of esters is 1. The number of aliphatic imine (C=N–C) groups is 1. The summed E-state index contributed by atoms with van der Waals surface area (Å²) >= 11 is 1.47. The summed E-state index contributed by atoms with van der Waals surface area (Å²) in [5, 5.41) is 20.7. The number of aliphatic hydroxyl groups is 1. The molecule has 1 aromatic rings. The van der Waals surface area contributed by atoms with Crippen molar-refractivity contribution in [3.8, 4) is 0 Å². The van der Waals surface area contributed by atoms with Crippen molar-refractivity contribution in [2.75, 3.05) is 12.3 Å². The molecule has 1 N–H and O–H groups in total. The molecule has 3 rings (SSSR count). The van der Waals surface area contributed by atoms with Gasteiger partial charge in [0.2, 0.25) is 5.91 Å². The number of β-lactam (4-membered cyclic amide) rings is 1. The van der Waals surface area contributed by atoms with Gasteiger partial charge in [-0.2, -0.15) is 0 Å². The predicted molar refractivity (Wildman–Crippen MR) is 116 cm³/mol. The van der Waals surface area contributed by atoms with Crippen molar-refractivity contribution in [3.05, 3.63) is 50.5 Å². The standard InChI is InChI=1S/C21H25N3O6S/c1-12(2)22-8-9-31-17-10-16-18(13(3)25)20(26)23(16)19(17)21(27)30-11-14-4-6-15(7-5-14)24(28)29/h4-7,13,16,18,25H,8-11H2,1-3H3/t13-,16?,18?/m1/s1. The van der Waals surface area contributed by atoms with Crippen LogP contribution in [0.25, 0.3) is 0 Å². The molecule has 2 unspecified atom stereocenters. The number of ether oxygens (including phenoxy) is 1. The van der Waals surface area contributed by atoms with Crippen LogP contribution in [0.5, 0.6) is 0 Å². The Bertz CT molecular complexity index is 937. The van der Waals surface area contributed by atoms with Crippen LogP contribution in [-0.4, -0.2) is 57.0 Å². The van der Waals surface area contributed by atoms with E-state index < -0.39 is 22.9 Å². The molecule has 3 atom stereocenters. The first-order valence-electron chi connectivity index (χ1n) is 9.96. The number of nitrogens with zero attached hydrogens (tertiary/aromatic N) is 3.